The van der Waals surface area contributed by atoms with E-state index in [0.29, 0.717) is 29.4 Å². The first-order valence-corrected chi connectivity index (χ1v) is 8.41. The van der Waals surface area contributed by atoms with E-state index in [9.17, 15) is 8.78 Å². The van der Waals surface area contributed by atoms with E-state index in [1.807, 2.05) is 24.5 Å². The van der Waals surface area contributed by atoms with Crippen LogP contribution < -0.4 is 10.2 Å². The van der Waals surface area contributed by atoms with Crippen molar-refractivity contribution in [2.24, 2.45) is 0 Å². The third-order valence-corrected chi connectivity index (χ3v) is 4.65. The van der Waals surface area contributed by atoms with Crippen LogP contribution in [-0.4, -0.2) is 34.1 Å². The van der Waals surface area contributed by atoms with Crippen LogP contribution in [0.25, 0.3) is 11.0 Å². The summed E-state index contributed by atoms with van der Waals surface area (Å²) in [6.45, 7) is 2.52. The SMILES string of the molecule is Fc1cc2nc(CNC3CCN(c4ccncc4)CC3)[nH]c2cc1F. The number of pyridine rings is 1. The van der Waals surface area contributed by atoms with Gasteiger partial charge in [0.1, 0.15) is 5.82 Å². The van der Waals surface area contributed by atoms with E-state index < -0.39 is 11.6 Å². The van der Waals surface area contributed by atoms with Crippen molar-refractivity contribution < 1.29 is 8.78 Å². The van der Waals surface area contributed by atoms with Gasteiger partial charge in [-0.1, -0.05) is 0 Å². The number of fused-ring (bicyclic) bond motifs is 1. The fourth-order valence-electron chi connectivity index (χ4n) is 3.28. The van der Waals surface area contributed by atoms with Gasteiger partial charge in [-0.25, -0.2) is 13.8 Å². The molecule has 1 saturated heterocycles. The Labute approximate surface area is 144 Å². The lowest BCUT2D eigenvalue weighted by molar-refractivity contribution is 0.410. The standard InChI is InChI=1S/C18H19F2N5/c19-14-9-16-17(10-15(14)20)24-18(23-16)11-22-12-3-7-25(8-4-12)13-1-5-21-6-2-13/h1-2,5-6,9-10,12,22H,3-4,7-8,11H2,(H,23,24). The highest BCUT2D eigenvalue weighted by atomic mass is 19.2. The largest absolute Gasteiger partial charge is 0.371 e. The first-order valence-electron chi connectivity index (χ1n) is 8.41. The maximum atomic E-state index is 13.3. The fourth-order valence-corrected chi connectivity index (χ4v) is 3.28. The second-order valence-corrected chi connectivity index (χ2v) is 6.31. The maximum Gasteiger partial charge on any atom is 0.161 e. The maximum absolute atomic E-state index is 13.3. The van der Waals surface area contributed by atoms with Crippen molar-refractivity contribution in [3.8, 4) is 0 Å². The Balaban J connectivity index is 1.34. The Morgan fingerprint density at radius 2 is 1.84 bits per heavy atom. The quantitative estimate of drug-likeness (QED) is 0.765. The lowest BCUT2D eigenvalue weighted by Crippen LogP contribution is -2.42. The van der Waals surface area contributed by atoms with Crippen molar-refractivity contribution in [1.82, 2.24) is 20.3 Å². The summed E-state index contributed by atoms with van der Waals surface area (Å²) < 4.78 is 26.5. The van der Waals surface area contributed by atoms with Crippen LogP contribution in [0.2, 0.25) is 0 Å². The number of nitrogens with one attached hydrogen (secondary N) is 2. The summed E-state index contributed by atoms with van der Waals surface area (Å²) in [5.41, 5.74) is 2.17. The molecule has 3 heterocycles. The average Bonchev–Trinajstić information content (AvgIpc) is 3.03. The molecule has 0 atom stereocenters. The van der Waals surface area contributed by atoms with Crippen molar-refractivity contribution in [2.75, 3.05) is 18.0 Å². The first kappa shape index (κ1) is 16.0. The second kappa shape index (κ2) is 6.76. The van der Waals surface area contributed by atoms with Gasteiger partial charge in [0.05, 0.1) is 17.6 Å². The van der Waals surface area contributed by atoms with E-state index in [1.54, 1.807) is 0 Å². The molecule has 0 saturated carbocycles. The molecule has 3 aromatic rings. The number of halogens is 2. The third-order valence-electron chi connectivity index (χ3n) is 4.65. The van der Waals surface area contributed by atoms with Gasteiger partial charge in [0.15, 0.2) is 11.6 Å². The van der Waals surface area contributed by atoms with Crippen LogP contribution >= 0.6 is 0 Å². The molecule has 25 heavy (non-hydrogen) atoms. The molecule has 1 fully saturated rings. The Morgan fingerprint density at radius 3 is 2.60 bits per heavy atom. The van der Waals surface area contributed by atoms with Crippen LogP contribution in [0.4, 0.5) is 14.5 Å². The van der Waals surface area contributed by atoms with E-state index in [4.69, 9.17) is 0 Å². The number of aromatic nitrogens is 3. The smallest absolute Gasteiger partial charge is 0.161 e. The summed E-state index contributed by atoms with van der Waals surface area (Å²) in [5, 5.41) is 3.48. The van der Waals surface area contributed by atoms with Gasteiger partial charge in [-0.3, -0.25) is 4.98 Å². The van der Waals surface area contributed by atoms with Gasteiger partial charge >= 0.3 is 0 Å². The summed E-state index contributed by atoms with van der Waals surface area (Å²) in [5.74, 6) is -1.04. The second-order valence-electron chi connectivity index (χ2n) is 6.31. The zero-order valence-corrected chi connectivity index (χ0v) is 13.7. The minimum absolute atomic E-state index is 0.403. The highest BCUT2D eigenvalue weighted by Crippen LogP contribution is 2.20. The molecule has 0 aliphatic carbocycles. The van der Waals surface area contributed by atoms with Crippen molar-refractivity contribution in [2.45, 2.75) is 25.4 Å². The molecule has 0 radical (unpaired) electrons. The number of anilines is 1. The number of hydrogen-bond acceptors (Lipinski definition) is 4. The number of hydrogen-bond donors (Lipinski definition) is 2. The first-order chi connectivity index (χ1) is 12.2. The molecule has 1 aliphatic rings. The molecular weight excluding hydrogens is 324 g/mol. The van der Waals surface area contributed by atoms with Gasteiger partial charge in [-0.2, -0.15) is 0 Å². The zero-order valence-electron chi connectivity index (χ0n) is 13.7. The molecule has 4 rings (SSSR count). The average molecular weight is 343 g/mol. The number of piperidine rings is 1. The monoisotopic (exact) mass is 343 g/mol. The zero-order chi connectivity index (χ0) is 17.2. The number of aromatic amines is 1. The Bertz CT molecular complexity index is 818. The van der Waals surface area contributed by atoms with Gasteiger partial charge in [-0.15, -0.1) is 0 Å². The van der Waals surface area contributed by atoms with E-state index in [0.717, 1.165) is 38.1 Å². The molecule has 1 aliphatic heterocycles. The van der Waals surface area contributed by atoms with Crippen LogP contribution in [0.5, 0.6) is 0 Å². The molecule has 5 nitrogen and oxygen atoms in total. The molecule has 0 spiro atoms. The van der Waals surface area contributed by atoms with Gasteiger partial charge in [-0.05, 0) is 25.0 Å². The highest BCUT2D eigenvalue weighted by Gasteiger charge is 2.19. The molecule has 1 aromatic carbocycles. The molecule has 0 bridgehead atoms. The minimum Gasteiger partial charge on any atom is -0.371 e. The van der Waals surface area contributed by atoms with Gasteiger partial charge < -0.3 is 15.2 Å². The van der Waals surface area contributed by atoms with E-state index in [-0.39, 0.29) is 0 Å². The van der Waals surface area contributed by atoms with Crippen LogP contribution in [0, 0.1) is 11.6 Å². The van der Waals surface area contributed by atoms with Gasteiger partial charge in [0, 0.05) is 49.3 Å². The van der Waals surface area contributed by atoms with Crippen LogP contribution in [0.1, 0.15) is 18.7 Å². The summed E-state index contributed by atoms with van der Waals surface area (Å²) in [4.78, 5) is 13.8. The van der Waals surface area contributed by atoms with E-state index >= 15 is 0 Å². The summed E-state index contributed by atoms with van der Waals surface area (Å²) >= 11 is 0. The summed E-state index contributed by atoms with van der Waals surface area (Å²) in [6.07, 6.45) is 5.69. The molecule has 2 N–H and O–H groups in total. The number of nitrogens with zero attached hydrogens (tertiary/aromatic N) is 3. The minimum atomic E-state index is -0.873. The molecule has 0 unspecified atom stereocenters. The normalized spacial score (nSPS) is 15.8. The Morgan fingerprint density at radius 1 is 1.12 bits per heavy atom. The molecular formula is C18H19F2N5. The van der Waals surface area contributed by atoms with Gasteiger partial charge in [0.2, 0.25) is 0 Å². The predicted molar refractivity (Wildman–Crippen MR) is 92.3 cm³/mol. The Kier molecular flexibility index (Phi) is 4.31. The van der Waals surface area contributed by atoms with Crippen LogP contribution in [0.3, 0.4) is 0 Å². The molecule has 7 heteroatoms. The predicted octanol–water partition coefficient (Wildman–Crippen LogP) is 2.99. The lowest BCUT2D eigenvalue weighted by atomic mass is 10.0. The summed E-state index contributed by atoms with van der Waals surface area (Å²) in [6, 6.07) is 6.73. The summed E-state index contributed by atoms with van der Waals surface area (Å²) in [7, 11) is 0. The highest BCUT2D eigenvalue weighted by molar-refractivity contribution is 5.75. The fraction of sp³-hybridized carbons (Fsp3) is 0.333. The topological polar surface area (TPSA) is 56.8 Å². The van der Waals surface area contributed by atoms with Gasteiger partial charge in [0.25, 0.3) is 0 Å². The molecule has 0 amide bonds. The van der Waals surface area contributed by atoms with Crippen molar-refractivity contribution in [3.05, 3.63) is 54.1 Å². The molecule has 2 aromatic heterocycles. The third kappa shape index (κ3) is 3.46. The van der Waals surface area contributed by atoms with Crippen molar-refractivity contribution >= 4 is 16.7 Å². The number of imidazole rings is 1. The Hall–Kier alpha value is -2.54. The number of benzene rings is 1. The lowest BCUT2D eigenvalue weighted by Gasteiger charge is -2.33. The van der Waals surface area contributed by atoms with Crippen molar-refractivity contribution in [1.29, 1.82) is 0 Å². The van der Waals surface area contributed by atoms with E-state index in [2.05, 4.69) is 25.2 Å². The van der Waals surface area contributed by atoms with E-state index in [1.165, 1.54) is 5.69 Å². The number of H-pyrrole nitrogens is 1. The van der Waals surface area contributed by atoms with Crippen LogP contribution in [-0.2, 0) is 6.54 Å². The number of rotatable bonds is 4. The molecule has 130 valence electrons. The van der Waals surface area contributed by atoms with Crippen molar-refractivity contribution in [3.63, 3.8) is 0 Å². The van der Waals surface area contributed by atoms with Crippen LogP contribution in [0.15, 0.2) is 36.7 Å².